The monoisotopic (exact) mass is 504 g/mol. The lowest BCUT2D eigenvalue weighted by molar-refractivity contribution is 0.0904. The minimum absolute atomic E-state index is 0. The molecular formula is C17H37IN4O3S. The summed E-state index contributed by atoms with van der Waals surface area (Å²) in [5.41, 5.74) is 0. The second kappa shape index (κ2) is 13.1. The van der Waals surface area contributed by atoms with Gasteiger partial charge in [0, 0.05) is 39.8 Å². The number of halogens is 1. The number of rotatable bonds is 9. The molecule has 1 saturated heterocycles. The fourth-order valence-corrected chi connectivity index (χ4v) is 4.02. The zero-order chi connectivity index (χ0) is 18.9. The molecule has 1 heterocycles. The number of piperazine rings is 1. The van der Waals surface area contributed by atoms with Gasteiger partial charge in [-0.05, 0) is 32.6 Å². The molecule has 7 nitrogen and oxygen atoms in total. The molecular weight excluding hydrogens is 467 g/mol. The summed E-state index contributed by atoms with van der Waals surface area (Å²) < 4.78 is 31.7. The predicted octanol–water partition coefficient (Wildman–Crippen LogP) is 1.99. The minimum Gasteiger partial charge on any atom is -0.378 e. The quantitative estimate of drug-likeness (QED) is 0.225. The molecule has 1 aliphatic rings. The number of sulfonamides is 1. The number of ether oxygens (including phenoxy) is 1. The SMILES string of the molecule is CN=C(NCCCC(C)C)N1CCN(S(=O)(=O)CCOC(C)C)CC1.I. The van der Waals surface area contributed by atoms with Crippen molar-refractivity contribution in [3.8, 4) is 0 Å². The topological polar surface area (TPSA) is 74.2 Å². The average molecular weight is 504 g/mol. The zero-order valence-corrected chi connectivity index (χ0v) is 20.0. The first-order valence-corrected chi connectivity index (χ1v) is 10.9. The Balaban J connectivity index is 0.00000625. The van der Waals surface area contributed by atoms with E-state index in [1.165, 1.54) is 6.42 Å². The van der Waals surface area contributed by atoms with Gasteiger partial charge in [0.1, 0.15) is 0 Å². The Kier molecular flexibility index (Phi) is 13.0. The van der Waals surface area contributed by atoms with Crippen molar-refractivity contribution < 1.29 is 13.2 Å². The molecule has 0 unspecified atom stereocenters. The maximum Gasteiger partial charge on any atom is 0.216 e. The van der Waals surface area contributed by atoms with Gasteiger partial charge in [0.2, 0.25) is 10.0 Å². The Morgan fingerprint density at radius 1 is 1.15 bits per heavy atom. The molecule has 9 heteroatoms. The zero-order valence-electron chi connectivity index (χ0n) is 16.9. The average Bonchev–Trinajstić information content (AvgIpc) is 2.54. The molecule has 1 fully saturated rings. The third-order valence-corrected chi connectivity index (χ3v) is 6.01. The second-order valence-corrected chi connectivity index (χ2v) is 9.22. The van der Waals surface area contributed by atoms with Gasteiger partial charge in [-0.15, -0.1) is 24.0 Å². The molecule has 1 aliphatic heterocycles. The molecule has 156 valence electrons. The lowest BCUT2D eigenvalue weighted by Crippen LogP contribution is -2.54. The van der Waals surface area contributed by atoms with E-state index < -0.39 is 10.0 Å². The van der Waals surface area contributed by atoms with Crippen molar-refractivity contribution in [2.45, 2.75) is 46.6 Å². The highest BCUT2D eigenvalue weighted by Crippen LogP contribution is 2.09. The predicted molar refractivity (Wildman–Crippen MR) is 119 cm³/mol. The molecule has 0 aliphatic carbocycles. The Labute approximate surface area is 177 Å². The summed E-state index contributed by atoms with van der Waals surface area (Å²) in [4.78, 5) is 6.46. The summed E-state index contributed by atoms with van der Waals surface area (Å²) in [5, 5.41) is 3.38. The van der Waals surface area contributed by atoms with Crippen LogP contribution in [0.4, 0.5) is 0 Å². The van der Waals surface area contributed by atoms with E-state index in [9.17, 15) is 8.42 Å². The third kappa shape index (κ3) is 9.70. The first-order valence-electron chi connectivity index (χ1n) is 9.31. The number of hydrogen-bond acceptors (Lipinski definition) is 4. The molecule has 26 heavy (non-hydrogen) atoms. The molecule has 0 bridgehead atoms. The van der Waals surface area contributed by atoms with Crippen molar-refractivity contribution in [3.63, 3.8) is 0 Å². The molecule has 0 amide bonds. The summed E-state index contributed by atoms with van der Waals surface area (Å²) in [7, 11) is -1.47. The lowest BCUT2D eigenvalue weighted by atomic mass is 10.1. The highest BCUT2D eigenvalue weighted by atomic mass is 127. The fraction of sp³-hybridized carbons (Fsp3) is 0.941. The molecule has 0 aromatic rings. The van der Waals surface area contributed by atoms with E-state index >= 15 is 0 Å². The van der Waals surface area contributed by atoms with Crippen molar-refractivity contribution in [3.05, 3.63) is 0 Å². The van der Waals surface area contributed by atoms with Crippen molar-refractivity contribution in [2.75, 3.05) is 52.1 Å². The Morgan fingerprint density at radius 2 is 1.77 bits per heavy atom. The van der Waals surface area contributed by atoms with Crippen molar-refractivity contribution in [1.82, 2.24) is 14.5 Å². The molecule has 0 spiro atoms. The van der Waals surface area contributed by atoms with Crippen molar-refractivity contribution >= 4 is 40.0 Å². The van der Waals surface area contributed by atoms with E-state index in [0.717, 1.165) is 18.9 Å². The number of hydrogen-bond donors (Lipinski definition) is 1. The van der Waals surface area contributed by atoms with Crippen LogP contribution in [0.1, 0.15) is 40.5 Å². The first-order chi connectivity index (χ1) is 11.8. The summed E-state index contributed by atoms with van der Waals surface area (Å²) in [6.45, 7) is 11.7. The molecule has 0 radical (unpaired) electrons. The van der Waals surface area contributed by atoms with Crippen LogP contribution in [0, 0.1) is 5.92 Å². The van der Waals surface area contributed by atoms with E-state index in [1.54, 1.807) is 11.4 Å². The van der Waals surface area contributed by atoms with Crippen LogP contribution in [0.5, 0.6) is 0 Å². The fourth-order valence-electron chi connectivity index (χ4n) is 2.74. The summed E-state index contributed by atoms with van der Waals surface area (Å²) in [5.74, 6) is 1.62. The highest BCUT2D eigenvalue weighted by molar-refractivity contribution is 14.0. The van der Waals surface area contributed by atoms with Gasteiger partial charge >= 0.3 is 0 Å². The largest absolute Gasteiger partial charge is 0.378 e. The van der Waals surface area contributed by atoms with Crippen LogP contribution in [0.3, 0.4) is 0 Å². The number of guanidine groups is 1. The molecule has 0 atom stereocenters. The second-order valence-electron chi connectivity index (χ2n) is 7.13. The highest BCUT2D eigenvalue weighted by Gasteiger charge is 2.27. The van der Waals surface area contributed by atoms with Gasteiger partial charge in [0.15, 0.2) is 5.96 Å². The summed E-state index contributed by atoms with van der Waals surface area (Å²) >= 11 is 0. The number of nitrogens with one attached hydrogen (secondary N) is 1. The van der Waals surface area contributed by atoms with Crippen LogP contribution in [-0.4, -0.2) is 81.8 Å². The molecule has 1 N–H and O–H groups in total. The van der Waals surface area contributed by atoms with E-state index in [4.69, 9.17) is 4.74 Å². The van der Waals surface area contributed by atoms with Gasteiger partial charge in [-0.2, -0.15) is 4.31 Å². The van der Waals surface area contributed by atoms with Gasteiger partial charge in [-0.25, -0.2) is 8.42 Å². The standard InChI is InChI=1S/C17H36N4O3S.HI/c1-15(2)7-6-8-19-17(18-5)20-9-11-21(12-10-20)25(22,23)14-13-24-16(3)4;/h15-16H,6-14H2,1-5H3,(H,18,19);1H. The van der Waals surface area contributed by atoms with E-state index in [1.807, 2.05) is 13.8 Å². The maximum absolute atomic E-state index is 12.4. The lowest BCUT2D eigenvalue weighted by Gasteiger charge is -2.35. The summed E-state index contributed by atoms with van der Waals surface area (Å²) in [6, 6.07) is 0. The van der Waals surface area contributed by atoms with E-state index in [0.29, 0.717) is 32.1 Å². The van der Waals surface area contributed by atoms with Crippen molar-refractivity contribution in [1.29, 1.82) is 0 Å². The molecule has 0 aromatic heterocycles. The minimum atomic E-state index is -3.24. The normalized spacial score (nSPS) is 16.9. The van der Waals surface area contributed by atoms with Gasteiger partial charge < -0.3 is 15.0 Å². The van der Waals surface area contributed by atoms with Crippen LogP contribution >= 0.6 is 24.0 Å². The van der Waals surface area contributed by atoms with Crippen LogP contribution in [0.15, 0.2) is 4.99 Å². The van der Waals surface area contributed by atoms with Gasteiger partial charge in [0.25, 0.3) is 0 Å². The maximum atomic E-state index is 12.4. The first kappa shape index (κ1) is 25.9. The van der Waals surface area contributed by atoms with Crippen LogP contribution in [0.2, 0.25) is 0 Å². The summed E-state index contributed by atoms with van der Waals surface area (Å²) in [6.07, 6.45) is 2.35. The Hall–Kier alpha value is -0.130. The van der Waals surface area contributed by atoms with Gasteiger partial charge in [-0.1, -0.05) is 13.8 Å². The molecule has 0 aromatic carbocycles. The van der Waals surface area contributed by atoms with E-state index in [2.05, 4.69) is 29.1 Å². The Bertz CT molecular complexity index is 504. The molecule has 1 rings (SSSR count). The molecule has 0 saturated carbocycles. The van der Waals surface area contributed by atoms with E-state index in [-0.39, 0.29) is 42.4 Å². The van der Waals surface area contributed by atoms with Gasteiger partial charge in [-0.3, -0.25) is 4.99 Å². The Morgan fingerprint density at radius 3 is 2.27 bits per heavy atom. The van der Waals surface area contributed by atoms with Crippen LogP contribution < -0.4 is 5.32 Å². The van der Waals surface area contributed by atoms with Crippen molar-refractivity contribution in [2.24, 2.45) is 10.9 Å². The third-order valence-electron chi connectivity index (χ3n) is 4.18. The van der Waals surface area contributed by atoms with Crippen LogP contribution in [-0.2, 0) is 14.8 Å². The van der Waals surface area contributed by atoms with Gasteiger partial charge in [0.05, 0.1) is 18.5 Å². The number of nitrogens with zero attached hydrogens (tertiary/aromatic N) is 3. The van der Waals surface area contributed by atoms with Crippen LogP contribution in [0.25, 0.3) is 0 Å². The number of aliphatic imine (C=N–C) groups is 1. The smallest absolute Gasteiger partial charge is 0.216 e.